The summed E-state index contributed by atoms with van der Waals surface area (Å²) in [5, 5.41) is 18.1. The molecule has 0 amide bonds. The first-order valence-electron chi connectivity index (χ1n) is 15.6. The van der Waals surface area contributed by atoms with Gasteiger partial charge in [-0.25, -0.2) is 0 Å². The molecule has 0 spiro atoms. The minimum absolute atomic E-state index is 0.406. The van der Waals surface area contributed by atoms with Crippen molar-refractivity contribution in [3.63, 3.8) is 0 Å². The summed E-state index contributed by atoms with van der Waals surface area (Å²) >= 11 is 0. The average Bonchev–Trinajstić information content (AvgIpc) is 3.48. The molecular formula is C45H33NO. The lowest BCUT2D eigenvalue weighted by Crippen LogP contribution is -1.95. The first kappa shape index (κ1) is 29.5. The van der Waals surface area contributed by atoms with Crippen LogP contribution in [0.4, 0.5) is 0 Å². The van der Waals surface area contributed by atoms with E-state index in [1.165, 1.54) is 27.3 Å². The third-order valence-corrected chi connectivity index (χ3v) is 8.58. The first-order valence-corrected chi connectivity index (χ1v) is 15.6. The van der Waals surface area contributed by atoms with Gasteiger partial charge in [0, 0.05) is 16.3 Å². The number of fused-ring (bicyclic) bond motifs is 6. The summed E-state index contributed by atoms with van der Waals surface area (Å²) in [4.78, 5) is 0. The van der Waals surface area contributed by atoms with Crippen LogP contribution in [0.25, 0.3) is 71.0 Å². The Morgan fingerprint density at radius 2 is 1.09 bits per heavy atom. The maximum Gasteiger partial charge on any atom is 0.136 e. The van der Waals surface area contributed by atoms with E-state index < -0.39 is 0 Å². The molecule has 224 valence electrons. The third kappa shape index (κ3) is 5.47. The molecule has 0 atom stereocenters. The lowest BCUT2D eigenvalue weighted by Gasteiger charge is -2.17. The molecule has 47 heavy (non-hydrogen) atoms. The summed E-state index contributed by atoms with van der Waals surface area (Å²) < 4.78 is 6.25. The van der Waals surface area contributed by atoms with Crippen molar-refractivity contribution < 1.29 is 4.42 Å². The van der Waals surface area contributed by atoms with E-state index in [2.05, 4.69) is 135 Å². The number of rotatable bonds is 6. The van der Waals surface area contributed by atoms with E-state index in [0.29, 0.717) is 5.71 Å². The third-order valence-electron chi connectivity index (χ3n) is 8.58. The second-order valence-corrected chi connectivity index (χ2v) is 11.5. The van der Waals surface area contributed by atoms with Crippen molar-refractivity contribution in [1.29, 1.82) is 5.41 Å². The van der Waals surface area contributed by atoms with E-state index in [0.717, 1.165) is 54.8 Å². The minimum atomic E-state index is 0.406. The SMILES string of the molecule is C=C(/C=C\C(=N)c1ccc2c(c1)oc1cc3ccccc3cc12)c1c2ccccc2c(-c2ccccc2)c2ccccc12.C=CC=C. The molecule has 1 N–H and O–H groups in total. The van der Waals surface area contributed by atoms with Crippen LogP contribution in [-0.4, -0.2) is 5.71 Å². The summed E-state index contributed by atoms with van der Waals surface area (Å²) in [5.74, 6) is 0. The Kier molecular flexibility index (Phi) is 7.92. The Balaban J connectivity index is 0.000000833. The van der Waals surface area contributed by atoms with Crippen LogP contribution in [0.2, 0.25) is 0 Å². The van der Waals surface area contributed by atoms with Gasteiger partial charge >= 0.3 is 0 Å². The topological polar surface area (TPSA) is 37.0 Å². The Hall–Kier alpha value is -6.25. The van der Waals surface area contributed by atoms with Crippen molar-refractivity contribution in [3.05, 3.63) is 189 Å². The zero-order valence-electron chi connectivity index (χ0n) is 26.0. The highest BCUT2D eigenvalue weighted by molar-refractivity contribution is 6.20. The second kappa shape index (κ2) is 12.6. The second-order valence-electron chi connectivity index (χ2n) is 11.5. The van der Waals surface area contributed by atoms with Crippen molar-refractivity contribution in [2.75, 3.05) is 0 Å². The number of benzene rings is 7. The minimum Gasteiger partial charge on any atom is -0.456 e. The zero-order valence-corrected chi connectivity index (χ0v) is 26.0. The van der Waals surface area contributed by atoms with Gasteiger partial charge in [0.1, 0.15) is 11.2 Å². The Bertz CT molecular complexity index is 2470. The molecule has 0 unspecified atom stereocenters. The predicted molar refractivity (Wildman–Crippen MR) is 204 cm³/mol. The molecule has 1 aromatic heterocycles. The highest BCUT2D eigenvalue weighted by Crippen LogP contribution is 2.41. The van der Waals surface area contributed by atoms with Gasteiger partial charge in [-0.3, -0.25) is 0 Å². The summed E-state index contributed by atoms with van der Waals surface area (Å²) in [7, 11) is 0. The van der Waals surface area contributed by atoms with Gasteiger partial charge in [0.2, 0.25) is 0 Å². The van der Waals surface area contributed by atoms with Gasteiger partial charge in [-0.2, -0.15) is 0 Å². The van der Waals surface area contributed by atoms with Gasteiger partial charge < -0.3 is 9.83 Å². The van der Waals surface area contributed by atoms with Crippen molar-refractivity contribution in [3.8, 4) is 11.1 Å². The highest BCUT2D eigenvalue weighted by Gasteiger charge is 2.16. The molecule has 8 aromatic rings. The summed E-state index contributed by atoms with van der Waals surface area (Å²) in [6.45, 7) is 11.2. The van der Waals surface area contributed by atoms with Gasteiger partial charge in [-0.05, 0) is 84.9 Å². The monoisotopic (exact) mass is 603 g/mol. The Morgan fingerprint density at radius 1 is 0.532 bits per heavy atom. The van der Waals surface area contributed by atoms with Crippen molar-refractivity contribution >= 4 is 65.5 Å². The summed E-state index contributed by atoms with van der Waals surface area (Å²) in [6, 6.07) is 46.3. The van der Waals surface area contributed by atoms with E-state index in [1.807, 2.05) is 30.4 Å². The van der Waals surface area contributed by atoms with Crippen LogP contribution < -0.4 is 0 Å². The molecule has 0 fully saturated rings. The van der Waals surface area contributed by atoms with Gasteiger partial charge in [-0.15, -0.1) is 0 Å². The van der Waals surface area contributed by atoms with Crippen molar-refractivity contribution in [2.45, 2.75) is 0 Å². The molecule has 0 aliphatic rings. The van der Waals surface area contributed by atoms with Gasteiger partial charge in [0.05, 0.1) is 5.71 Å². The fourth-order valence-corrected chi connectivity index (χ4v) is 6.38. The van der Waals surface area contributed by atoms with Gasteiger partial charge in [-0.1, -0.05) is 147 Å². The molecule has 0 saturated heterocycles. The van der Waals surface area contributed by atoms with Crippen LogP contribution in [0, 0.1) is 5.41 Å². The molecule has 1 heterocycles. The summed E-state index contributed by atoms with van der Waals surface area (Å²) in [5.41, 5.74) is 7.23. The van der Waals surface area contributed by atoms with Crippen LogP contribution in [0.1, 0.15) is 11.1 Å². The van der Waals surface area contributed by atoms with Crippen LogP contribution in [0.5, 0.6) is 0 Å². The fourth-order valence-electron chi connectivity index (χ4n) is 6.38. The molecule has 0 aliphatic carbocycles. The van der Waals surface area contributed by atoms with Crippen molar-refractivity contribution in [2.24, 2.45) is 0 Å². The highest BCUT2D eigenvalue weighted by atomic mass is 16.3. The fraction of sp³-hybridized carbons (Fsp3) is 0. The number of furan rings is 1. The Morgan fingerprint density at radius 3 is 1.72 bits per heavy atom. The van der Waals surface area contributed by atoms with Gasteiger partial charge in [0.15, 0.2) is 0 Å². The molecule has 0 saturated carbocycles. The molecule has 8 rings (SSSR count). The number of nitrogens with one attached hydrogen (secondary N) is 1. The maximum atomic E-state index is 8.92. The standard InChI is InChI=1S/C41H27NO.C4H6/c1-26(40-32-15-7-9-17-34(32)41(27-11-3-2-4-12-27)35-18-10-8-16-33(35)40)19-22-37(42)30-20-21-31-36-23-28-13-5-6-14-29(28)24-39(36)43-38(31)25-30;1-3-4-2/h2-25,42H,1H2;3-4H,1-2H2/b22-19-,42-37?;. The van der Waals surface area contributed by atoms with E-state index in [4.69, 9.17) is 9.83 Å². The molecule has 2 nitrogen and oxygen atoms in total. The molecule has 0 aliphatic heterocycles. The maximum absolute atomic E-state index is 8.92. The normalized spacial score (nSPS) is 11.2. The lowest BCUT2D eigenvalue weighted by molar-refractivity contribution is 0.669. The molecule has 0 bridgehead atoms. The van der Waals surface area contributed by atoms with Crippen LogP contribution in [0.3, 0.4) is 0 Å². The van der Waals surface area contributed by atoms with Gasteiger partial charge in [0.25, 0.3) is 0 Å². The number of hydrogen-bond donors (Lipinski definition) is 1. The molecule has 7 aromatic carbocycles. The molecule has 0 radical (unpaired) electrons. The quantitative estimate of drug-likeness (QED) is 0.115. The van der Waals surface area contributed by atoms with E-state index >= 15 is 0 Å². The van der Waals surface area contributed by atoms with Crippen molar-refractivity contribution in [1.82, 2.24) is 0 Å². The van der Waals surface area contributed by atoms with Crippen LogP contribution >= 0.6 is 0 Å². The van der Waals surface area contributed by atoms with E-state index in [1.54, 1.807) is 12.2 Å². The first-order chi connectivity index (χ1) is 23.1. The van der Waals surface area contributed by atoms with Crippen LogP contribution in [-0.2, 0) is 0 Å². The summed E-state index contributed by atoms with van der Waals surface area (Å²) in [6.07, 6.45) is 7.09. The van der Waals surface area contributed by atoms with E-state index in [9.17, 15) is 0 Å². The smallest absolute Gasteiger partial charge is 0.136 e. The average molecular weight is 604 g/mol. The largest absolute Gasteiger partial charge is 0.456 e. The predicted octanol–water partition coefficient (Wildman–Crippen LogP) is 12.7. The number of allylic oxidation sites excluding steroid dienone is 5. The molecular weight excluding hydrogens is 571 g/mol. The zero-order chi connectivity index (χ0) is 32.3. The number of hydrogen-bond acceptors (Lipinski definition) is 2. The molecule has 2 heteroatoms. The van der Waals surface area contributed by atoms with E-state index in [-0.39, 0.29) is 0 Å². The Labute approximate surface area is 274 Å². The van der Waals surface area contributed by atoms with Crippen LogP contribution in [0.15, 0.2) is 182 Å². The lowest BCUT2D eigenvalue weighted by atomic mass is 9.86.